The van der Waals surface area contributed by atoms with Gasteiger partial charge in [0.1, 0.15) is 0 Å². The van der Waals surface area contributed by atoms with Gasteiger partial charge in [0.15, 0.2) is 9.84 Å². The number of rotatable bonds is 4. The van der Waals surface area contributed by atoms with Gasteiger partial charge in [-0.1, -0.05) is 0 Å². The van der Waals surface area contributed by atoms with Crippen LogP contribution in [0.3, 0.4) is 0 Å². The summed E-state index contributed by atoms with van der Waals surface area (Å²) in [6, 6.07) is 2.04. The van der Waals surface area contributed by atoms with Crippen molar-refractivity contribution in [1.29, 1.82) is 5.26 Å². The van der Waals surface area contributed by atoms with Crippen LogP contribution < -0.4 is 0 Å². The van der Waals surface area contributed by atoms with E-state index >= 15 is 0 Å². The van der Waals surface area contributed by atoms with Crippen molar-refractivity contribution in [3.8, 4) is 6.07 Å². The van der Waals surface area contributed by atoms with E-state index in [4.69, 9.17) is 10.00 Å². The Balaban J connectivity index is 2.66. The molecule has 0 radical (unpaired) electrons. The summed E-state index contributed by atoms with van der Waals surface area (Å²) >= 11 is 0. The first kappa shape index (κ1) is 10.5. The molecule has 13 heavy (non-hydrogen) atoms. The average molecular weight is 203 g/mol. The van der Waals surface area contributed by atoms with Gasteiger partial charge in [0.2, 0.25) is 0 Å². The second-order valence-corrected chi connectivity index (χ2v) is 5.66. The molecule has 0 spiro atoms. The maximum Gasteiger partial charge on any atom is 0.152 e. The van der Waals surface area contributed by atoms with Gasteiger partial charge in [0.05, 0.1) is 23.3 Å². The zero-order chi connectivity index (χ0) is 10.1. The predicted octanol–water partition coefficient (Wildman–Crippen LogP) is 0.350. The Bertz CT molecular complexity index is 330. The van der Waals surface area contributed by atoms with Crippen LogP contribution in [0.15, 0.2) is 0 Å². The normalized spacial score (nSPS) is 32.5. The van der Waals surface area contributed by atoms with Gasteiger partial charge in [-0.2, -0.15) is 5.26 Å². The molecule has 1 fully saturated rings. The molecule has 1 aliphatic carbocycles. The minimum atomic E-state index is -3.08. The average Bonchev–Trinajstić information content (AvgIpc) is 2.76. The van der Waals surface area contributed by atoms with E-state index in [9.17, 15) is 8.42 Å². The van der Waals surface area contributed by atoms with Gasteiger partial charge >= 0.3 is 0 Å². The van der Waals surface area contributed by atoms with E-state index in [0.717, 1.165) is 0 Å². The van der Waals surface area contributed by atoms with Crippen LogP contribution in [0.25, 0.3) is 0 Å². The fourth-order valence-corrected chi connectivity index (χ4v) is 2.96. The van der Waals surface area contributed by atoms with Crippen LogP contribution in [0.5, 0.6) is 0 Å². The molecule has 0 bridgehead atoms. The number of ether oxygens (including phenoxy) is 1. The quantitative estimate of drug-likeness (QED) is 0.661. The molecule has 74 valence electrons. The number of hydrogen-bond donors (Lipinski definition) is 0. The van der Waals surface area contributed by atoms with Gasteiger partial charge in [0.25, 0.3) is 0 Å². The molecule has 0 saturated heterocycles. The second-order valence-electron chi connectivity index (χ2n) is 3.43. The van der Waals surface area contributed by atoms with Crippen LogP contribution >= 0.6 is 0 Å². The molecule has 5 heteroatoms. The maximum absolute atomic E-state index is 11.1. The summed E-state index contributed by atoms with van der Waals surface area (Å²) < 4.78 is 27.3. The van der Waals surface area contributed by atoms with Crippen LogP contribution in [0.4, 0.5) is 0 Å². The molecule has 1 rings (SSSR count). The summed E-state index contributed by atoms with van der Waals surface area (Å²) in [5.41, 5.74) is -0.760. The number of sulfone groups is 1. The Morgan fingerprint density at radius 2 is 2.31 bits per heavy atom. The number of nitriles is 1. The van der Waals surface area contributed by atoms with E-state index in [2.05, 4.69) is 0 Å². The Morgan fingerprint density at radius 3 is 2.62 bits per heavy atom. The van der Waals surface area contributed by atoms with Crippen molar-refractivity contribution in [2.75, 3.05) is 19.5 Å². The van der Waals surface area contributed by atoms with E-state index < -0.39 is 20.5 Å². The standard InChI is InChI=1S/C8H13NO3S/c1-3-12-6-8(5-9)4-7(8)13(2,10)11/h7H,3-4,6H2,1-2H3/t7-,8+/m0/s1. The van der Waals surface area contributed by atoms with E-state index in [1.165, 1.54) is 6.26 Å². The van der Waals surface area contributed by atoms with Gasteiger partial charge in [0, 0.05) is 12.9 Å². The first-order valence-corrected chi connectivity index (χ1v) is 6.09. The van der Waals surface area contributed by atoms with Crippen LogP contribution in [-0.2, 0) is 14.6 Å². The zero-order valence-corrected chi connectivity index (χ0v) is 8.60. The summed E-state index contributed by atoms with van der Waals surface area (Å²) in [5.74, 6) is 0. The van der Waals surface area contributed by atoms with Gasteiger partial charge < -0.3 is 4.74 Å². The Labute approximate surface area is 78.4 Å². The first-order valence-electron chi connectivity index (χ1n) is 4.14. The van der Waals surface area contributed by atoms with Gasteiger partial charge in [-0.15, -0.1) is 0 Å². The highest BCUT2D eigenvalue weighted by Gasteiger charge is 2.60. The number of nitrogens with zero attached hydrogens (tertiary/aromatic N) is 1. The summed E-state index contributed by atoms with van der Waals surface area (Å²) in [6.07, 6.45) is 1.59. The van der Waals surface area contributed by atoms with Crippen LogP contribution in [0.1, 0.15) is 13.3 Å². The molecule has 0 aliphatic heterocycles. The molecule has 4 nitrogen and oxygen atoms in total. The van der Waals surface area contributed by atoms with Crippen molar-refractivity contribution >= 4 is 9.84 Å². The topological polar surface area (TPSA) is 67.2 Å². The molecular formula is C8H13NO3S. The highest BCUT2D eigenvalue weighted by molar-refractivity contribution is 7.91. The molecule has 0 aromatic rings. The van der Waals surface area contributed by atoms with Gasteiger partial charge in [-0.3, -0.25) is 0 Å². The van der Waals surface area contributed by atoms with Crippen molar-refractivity contribution in [2.45, 2.75) is 18.6 Å². The second kappa shape index (κ2) is 3.28. The Kier molecular flexibility index (Phi) is 2.64. The summed E-state index contributed by atoms with van der Waals surface area (Å²) in [4.78, 5) is 0. The molecule has 1 saturated carbocycles. The summed E-state index contributed by atoms with van der Waals surface area (Å²) in [7, 11) is -3.08. The van der Waals surface area contributed by atoms with E-state index in [1.807, 2.05) is 13.0 Å². The maximum atomic E-state index is 11.1. The summed E-state index contributed by atoms with van der Waals surface area (Å²) in [6.45, 7) is 2.57. The fourth-order valence-electron chi connectivity index (χ4n) is 1.42. The van der Waals surface area contributed by atoms with E-state index in [1.54, 1.807) is 0 Å². The van der Waals surface area contributed by atoms with Gasteiger partial charge in [-0.05, 0) is 13.3 Å². The predicted molar refractivity (Wildman–Crippen MR) is 47.8 cm³/mol. The molecule has 0 amide bonds. The van der Waals surface area contributed by atoms with Crippen molar-refractivity contribution in [3.05, 3.63) is 0 Å². The fraction of sp³-hybridized carbons (Fsp3) is 0.875. The third-order valence-corrected chi connectivity index (χ3v) is 3.96. The lowest BCUT2D eigenvalue weighted by Gasteiger charge is -2.06. The van der Waals surface area contributed by atoms with Crippen molar-refractivity contribution in [2.24, 2.45) is 5.41 Å². The highest BCUT2D eigenvalue weighted by Crippen LogP contribution is 2.50. The zero-order valence-electron chi connectivity index (χ0n) is 7.78. The van der Waals surface area contributed by atoms with Crippen molar-refractivity contribution in [3.63, 3.8) is 0 Å². The first-order chi connectivity index (χ1) is 5.96. The smallest absolute Gasteiger partial charge is 0.152 e. The van der Waals surface area contributed by atoms with Crippen molar-refractivity contribution < 1.29 is 13.2 Å². The molecule has 2 atom stereocenters. The number of hydrogen-bond acceptors (Lipinski definition) is 4. The molecule has 0 unspecified atom stereocenters. The lowest BCUT2D eigenvalue weighted by Crippen LogP contribution is -2.18. The largest absolute Gasteiger partial charge is 0.380 e. The van der Waals surface area contributed by atoms with Crippen LogP contribution in [-0.4, -0.2) is 33.1 Å². The Hall–Kier alpha value is -0.600. The molecule has 0 N–H and O–H groups in total. The monoisotopic (exact) mass is 203 g/mol. The van der Waals surface area contributed by atoms with E-state index in [0.29, 0.717) is 13.0 Å². The highest BCUT2D eigenvalue weighted by atomic mass is 32.2. The lowest BCUT2D eigenvalue weighted by atomic mass is 10.1. The molecule has 0 aromatic heterocycles. The minimum Gasteiger partial charge on any atom is -0.380 e. The van der Waals surface area contributed by atoms with Gasteiger partial charge in [-0.25, -0.2) is 8.42 Å². The third-order valence-electron chi connectivity index (χ3n) is 2.31. The third kappa shape index (κ3) is 2.01. The molecule has 0 heterocycles. The Morgan fingerprint density at radius 1 is 1.69 bits per heavy atom. The molecule has 1 aliphatic rings. The van der Waals surface area contributed by atoms with Crippen LogP contribution in [0, 0.1) is 16.7 Å². The summed E-state index contributed by atoms with van der Waals surface area (Å²) in [5, 5.41) is 8.31. The minimum absolute atomic E-state index is 0.234. The SMILES string of the molecule is CCOC[C@]1(C#N)C[C@@H]1S(C)(=O)=O. The van der Waals surface area contributed by atoms with Crippen molar-refractivity contribution in [1.82, 2.24) is 0 Å². The van der Waals surface area contributed by atoms with E-state index in [-0.39, 0.29) is 6.61 Å². The molecule has 0 aromatic carbocycles. The molecular weight excluding hydrogens is 190 g/mol. The lowest BCUT2D eigenvalue weighted by molar-refractivity contribution is 0.119. The van der Waals surface area contributed by atoms with Crippen LogP contribution in [0.2, 0.25) is 0 Å².